The number of hydrogen-bond acceptors (Lipinski definition) is 3. The summed E-state index contributed by atoms with van der Waals surface area (Å²) in [6, 6.07) is 8.44. The van der Waals surface area contributed by atoms with E-state index in [0.29, 0.717) is 0 Å². The van der Waals surface area contributed by atoms with Crippen LogP contribution >= 0.6 is 0 Å². The number of nitrogens with two attached hydrogens (primary N) is 1. The van der Waals surface area contributed by atoms with E-state index in [2.05, 4.69) is 24.1 Å². The Bertz CT molecular complexity index is 319. The largest absolute Gasteiger partial charge is 0.491 e. The van der Waals surface area contributed by atoms with Crippen LogP contribution in [0.5, 0.6) is 5.75 Å². The van der Waals surface area contributed by atoms with E-state index < -0.39 is 0 Å². The molecule has 0 aliphatic heterocycles. The summed E-state index contributed by atoms with van der Waals surface area (Å²) in [4.78, 5) is 2.21. The molecule has 2 N–H and O–H groups in total. The lowest BCUT2D eigenvalue weighted by molar-refractivity contribution is 0.242. The van der Waals surface area contributed by atoms with Crippen molar-refractivity contribution in [1.29, 1.82) is 0 Å². The second kappa shape index (κ2) is 6.50. The van der Waals surface area contributed by atoms with Crippen molar-refractivity contribution in [3.63, 3.8) is 0 Å². The van der Waals surface area contributed by atoms with Gasteiger partial charge in [0.15, 0.2) is 0 Å². The number of hydrogen-bond donors (Lipinski definition) is 1. The van der Waals surface area contributed by atoms with E-state index in [1.165, 1.54) is 5.69 Å². The minimum absolute atomic E-state index is 0.219. The summed E-state index contributed by atoms with van der Waals surface area (Å²) in [5.41, 5.74) is 6.95. The molecule has 0 radical (unpaired) electrons. The van der Waals surface area contributed by atoms with Gasteiger partial charge in [0.2, 0.25) is 0 Å². The Kier molecular flexibility index (Phi) is 5.29. The van der Waals surface area contributed by atoms with Crippen LogP contribution in [0.25, 0.3) is 0 Å². The lowest BCUT2D eigenvalue weighted by atomic mass is 10.2. The van der Waals surface area contributed by atoms with Gasteiger partial charge in [-0.2, -0.15) is 0 Å². The molecule has 3 nitrogen and oxygen atoms in total. The molecule has 0 amide bonds. The van der Waals surface area contributed by atoms with Gasteiger partial charge in [-0.15, -0.1) is 0 Å². The maximum Gasteiger partial charge on any atom is 0.119 e. The smallest absolute Gasteiger partial charge is 0.119 e. The van der Waals surface area contributed by atoms with E-state index in [9.17, 15) is 0 Å². The summed E-state index contributed by atoms with van der Waals surface area (Å²) in [7, 11) is 2.08. The molecule has 0 aromatic heterocycles. The van der Waals surface area contributed by atoms with Crippen molar-refractivity contribution < 1.29 is 4.74 Å². The summed E-state index contributed by atoms with van der Waals surface area (Å²) in [5.74, 6) is 0.921. The SMILES string of the molecule is CC(N)CCN(C)c1ccc(OC(C)C)cc1. The Balaban J connectivity index is 2.54. The highest BCUT2D eigenvalue weighted by atomic mass is 16.5. The van der Waals surface area contributed by atoms with Gasteiger partial charge in [0.1, 0.15) is 5.75 Å². The maximum atomic E-state index is 5.75. The molecule has 0 aliphatic rings. The van der Waals surface area contributed by atoms with Gasteiger partial charge in [-0.3, -0.25) is 0 Å². The Morgan fingerprint density at radius 3 is 2.24 bits per heavy atom. The number of rotatable bonds is 6. The van der Waals surface area contributed by atoms with Crippen molar-refractivity contribution in [3.8, 4) is 5.75 Å². The monoisotopic (exact) mass is 236 g/mol. The lowest BCUT2D eigenvalue weighted by Gasteiger charge is -2.20. The van der Waals surface area contributed by atoms with Gasteiger partial charge in [-0.1, -0.05) is 0 Å². The summed E-state index contributed by atoms with van der Waals surface area (Å²) in [6.45, 7) is 7.07. The molecule has 1 aromatic carbocycles. The molecule has 1 unspecified atom stereocenters. The molecular weight excluding hydrogens is 212 g/mol. The van der Waals surface area contributed by atoms with Crippen LogP contribution in [0.4, 0.5) is 5.69 Å². The fourth-order valence-corrected chi connectivity index (χ4v) is 1.58. The zero-order chi connectivity index (χ0) is 12.8. The molecule has 1 atom stereocenters. The maximum absolute atomic E-state index is 5.75. The molecular formula is C14H24N2O. The van der Waals surface area contributed by atoms with E-state index in [4.69, 9.17) is 10.5 Å². The molecule has 0 spiro atoms. The van der Waals surface area contributed by atoms with Gasteiger partial charge in [-0.05, 0) is 51.5 Å². The minimum Gasteiger partial charge on any atom is -0.491 e. The fraction of sp³-hybridized carbons (Fsp3) is 0.571. The van der Waals surface area contributed by atoms with Crippen LogP contribution in [0.3, 0.4) is 0 Å². The van der Waals surface area contributed by atoms with E-state index in [0.717, 1.165) is 18.7 Å². The topological polar surface area (TPSA) is 38.5 Å². The van der Waals surface area contributed by atoms with E-state index in [-0.39, 0.29) is 12.1 Å². The van der Waals surface area contributed by atoms with Crippen LogP contribution < -0.4 is 15.4 Å². The normalized spacial score (nSPS) is 12.6. The van der Waals surface area contributed by atoms with Crippen LogP contribution in [-0.4, -0.2) is 25.7 Å². The molecule has 0 aliphatic carbocycles. The van der Waals surface area contributed by atoms with Gasteiger partial charge in [0.25, 0.3) is 0 Å². The molecule has 0 saturated carbocycles. The average Bonchev–Trinajstić information content (AvgIpc) is 2.26. The summed E-state index contributed by atoms with van der Waals surface area (Å²) in [6.07, 6.45) is 1.22. The predicted octanol–water partition coefficient (Wildman–Crippen LogP) is 2.65. The third-order valence-corrected chi connectivity index (χ3v) is 2.57. The molecule has 1 rings (SSSR count). The van der Waals surface area contributed by atoms with Gasteiger partial charge >= 0.3 is 0 Å². The van der Waals surface area contributed by atoms with Crippen molar-refractivity contribution in [2.45, 2.75) is 39.3 Å². The minimum atomic E-state index is 0.219. The van der Waals surface area contributed by atoms with Crippen molar-refractivity contribution >= 4 is 5.69 Å². The Morgan fingerprint density at radius 1 is 1.18 bits per heavy atom. The number of ether oxygens (including phenoxy) is 1. The Labute approximate surface area is 105 Å². The first-order valence-electron chi connectivity index (χ1n) is 6.22. The highest BCUT2D eigenvalue weighted by molar-refractivity contribution is 5.48. The molecule has 0 bridgehead atoms. The zero-order valence-corrected chi connectivity index (χ0v) is 11.3. The number of nitrogens with zero attached hydrogens (tertiary/aromatic N) is 1. The number of benzene rings is 1. The quantitative estimate of drug-likeness (QED) is 0.825. The third-order valence-electron chi connectivity index (χ3n) is 2.57. The second-order valence-electron chi connectivity index (χ2n) is 4.85. The van der Waals surface area contributed by atoms with Gasteiger partial charge in [0.05, 0.1) is 6.10 Å². The third kappa shape index (κ3) is 5.09. The van der Waals surface area contributed by atoms with Crippen molar-refractivity contribution in [2.75, 3.05) is 18.5 Å². The van der Waals surface area contributed by atoms with E-state index in [1.807, 2.05) is 32.9 Å². The second-order valence-corrected chi connectivity index (χ2v) is 4.85. The number of anilines is 1. The van der Waals surface area contributed by atoms with Gasteiger partial charge < -0.3 is 15.4 Å². The van der Waals surface area contributed by atoms with Crippen LogP contribution in [0.15, 0.2) is 24.3 Å². The van der Waals surface area contributed by atoms with Crippen LogP contribution in [0.2, 0.25) is 0 Å². The van der Waals surface area contributed by atoms with E-state index in [1.54, 1.807) is 0 Å². The van der Waals surface area contributed by atoms with E-state index >= 15 is 0 Å². The standard InChI is InChI=1S/C14H24N2O/c1-11(2)17-14-7-5-13(6-8-14)16(4)10-9-12(3)15/h5-8,11-12H,9-10,15H2,1-4H3. The summed E-state index contributed by atoms with van der Waals surface area (Å²) < 4.78 is 5.61. The molecule has 3 heteroatoms. The zero-order valence-electron chi connectivity index (χ0n) is 11.3. The predicted molar refractivity (Wildman–Crippen MR) is 73.7 cm³/mol. The Hall–Kier alpha value is -1.22. The highest BCUT2D eigenvalue weighted by Gasteiger charge is 2.03. The van der Waals surface area contributed by atoms with Crippen LogP contribution in [0.1, 0.15) is 27.2 Å². The van der Waals surface area contributed by atoms with Crippen LogP contribution in [-0.2, 0) is 0 Å². The summed E-state index contributed by atoms with van der Waals surface area (Å²) in [5, 5.41) is 0. The summed E-state index contributed by atoms with van der Waals surface area (Å²) >= 11 is 0. The lowest BCUT2D eigenvalue weighted by Crippen LogP contribution is -2.25. The first kappa shape index (κ1) is 13.8. The Morgan fingerprint density at radius 2 is 1.76 bits per heavy atom. The first-order chi connectivity index (χ1) is 7.99. The molecule has 1 aromatic rings. The molecule has 17 heavy (non-hydrogen) atoms. The van der Waals surface area contributed by atoms with Crippen molar-refractivity contribution in [1.82, 2.24) is 0 Å². The first-order valence-corrected chi connectivity index (χ1v) is 6.22. The molecule has 0 heterocycles. The molecule has 96 valence electrons. The molecule has 0 fully saturated rings. The molecule has 0 saturated heterocycles. The van der Waals surface area contributed by atoms with Gasteiger partial charge in [0, 0.05) is 25.3 Å². The van der Waals surface area contributed by atoms with Crippen molar-refractivity contribution in [2.24, 2.45) is 5.73 Å². The van der Waals surface area contributed by atoms with Crippen LogP contribution in [0, 0.1) is 0 Å². The fourth-order valence-electron chi connectivity index (χ4n) is 1.58. The van der Waals surface area contributed by atoms with Gasteiger partial charge in [-0.25, -0.2) is 0 Å². The average molecular weight is 236 g/mol. The highest BCUT2D eigenvalue weighted by Crippen LogP contribution is 2.19. The van der Waals surface area contributed by atoms with Crippen molar-refractivity contribution in [3.05, 3.63) is 24.3 Å².